The molecule has 1 amide bonds. The van der Waals surface area contributed by atoms with E-state index in [9.17, 15) is 28.1 Å². The molecule has 1 heterocycles. The third kappa shape index (κ3) is 3.85. The maximum atomic E-state index is 13.8. The Kier molecular flexibility index (Phi) is 5.26. The molecular weight excluding hydrogens is 367 g/mol. The summed E-state index contributed by atoms with van der Waals surface area (Å²) in [5, 5.41) is 13.2. The van der Waals surface area contributed by atoms with Crippen LogP contribution in [0.25, 0.3) is 0 Å². The third-order valence-electron chi connectivity index (χ3n) is 4.07. The van der Waals surface area contributed by atoms with Gasteiger partial charge in [-0.15, -0.1) is 0 Å². The molecule has 2 aromatic carbocycles. The van der Waals surface area contributed by atoms with Crippen molar-refractivity contribution in [1.29, 1.82) is 0 Å². The van der Waals surface area contributed by atoms with E-state index in [4.69, 9.17) is 4.74 Å². The number of nitrogens with one attached hydrogen (secondary N) is 1. The summed E-state index contributed by atoms with van der Waals surface area (Å²) in [6, 6.07) is 5.26. The monoisotopic (exact) mass is 381 g/mol. The first-order chi connectivity index (χ1) is 12.9. The van der Waals surface area contributed by atoms with Crippen molar-refractivity contribution in [3.8, 4) is 0 Å². The van der Waals surface area contributed by atoms with E-state index in [2.05, 4.69) is 5.32 Å². The Bertz CT molecular complexity index is 901. The fraction of sp³-hybridized carbons (Fsp3) is 0.235. The number of anilines is 2. The summed E-state index contributed by atoms with van der Waals surface area (Å²) >= 11 is 0. The average Bonchev–Trinajstić information content (AvgIpc) is 2.68. The Morgan fingerprint density at radius 2 is 1.81 bits per heavy atom. The summed E-state index contributed by atoms with van der Waals surface area (Å²) in [5.74, 6) is -5.55. The number of hydrogen-bond donors (Lipinski definition) is 1. The van der Waals surface area contributed by atoms with Crippen LogP contribution < -0.4 is 10.2 Å². The van der Waals surface area contributed by atoms with E-state index in [0.29, 0.717) is 38.1 Å². The van der Waals surface area contributed by atoms with E-state index in [1.54, 1.807) is 4.90 Å². The minimum Gasteiger partial charge on any atom is -0.378 e. The zero-order valence-corrected chi connectivity index (χ0v) is 13.9. The highest BCUT2D eigenvalue weighted by Gasteiger charge is 2.23. The second kappa shape index (κ2) is 7.62. The van der Waals surface area contributed by atoms with Crippen LogP contribution in [0.3, 0.4) is 0 Å². The number of morpholine rings is 1. The largest absolute Gasteiger partial charge is 0.378 e. The number of nitrogens with zero attached hydrogens (tertiary/aromatic N) is 2. The zero-order valence-electron chi connectivity index (χ0n) is 13.9. The van der Waals surface area contributed by atoms with Crippen molar-refractivity contribution in [2.45, 2.75) is 0 Å². The second-order valence-corrected chi connectivity index (χ2v) is 5.74. The van der Waals surface area contributed by atoms with Crippen molar-refractivity contribution in [2.75, 3.05) is 36.5 Å². The van der Waals surface area contributed by atoms with Crippen molar-refractivity contribution in [1.82, 2.24) is 0 Å². The first-order valence-electron chi connectivity index (χ1n) is 7.94. The number of amides is 1. The molecule has 10 heteroatoms. The Labute approximate surface area is 151 Å². The number of non-ortho nitro benzene ring substituents is 1. The number of benzene rings is 2. The van der Waals surface area contributed by atoms with Gasteiger partial charge in [-0.25, -0.2) is 13.2 Å². The molecule has 1 N–H and O–H groups in total. The lowest BCUT2D eigenvalue weighted by Gasteiger charge is -2.30. The van der Waals surface area contributed by atoms with Crippen molar-refractivity contribution in [2.24, 2.45) is 0 Å². The third-order valence-corrected chi connectivity index (χ3v) is 4.07. The Hall–Kier alpha value is -3.14. The molecule has 27 heavy (non-hydrogen) atoms. The van der Waals surface area contributed by atoms with Gasteiger partial charge < -0.3 is 15.0 Å². The predicted molar refractivity (Wildman–Crippen MR) is 90.4 cm³/mol. The van der Waals surface area contributed by atoms with Crippen LogP contribution in [0.1, 0.15) is 10.4 Å². The topological polar surface area (TPSA) is 84.7 Å². The zero-order chi connectivity index (χ0) is 19.6. The fourth-order valence-electron chi connectivity index (χ4n) is 2.71. The quantitative estimate of drug-likeness (QED) is 0.500. The molecule has 3 rings (SSSR count). The molecule has 0 saturated carbocycles. The van der Waals surface area contributed by atoms with Gasteiger partial charge in [-0.05, 0) is 18.2 Å². The number of hydrogen-bond acceptors (Lipinski definition) is 5. The summed E-state index contributed by atoms with van der Waals surface area (Å²) in [6.45, 7) is 1.74. The van der Waals surface area contributed by atoms with Gasteiger partial charge in [-0.2, -0.15) is 0 Å². The molecule has 2 aromatic rings. The fourth-order valence-corrected chi connectivity index (χ4v) is 2.71. The molecule has 0 atom stereocenters. The molecule has 142 valence electrons. The maximum Gasteiger partial charge on any atom is 0.270 e. The van der Waals surface area contributed by atoms with Gasteiger partial charge in [0.05, 0.1) is 35.1 Å². The SMILES string of the molecule is O=C(Nc1ccc(F)c(F)c1F)c1cc([N+](=O)[O-])ccc1N1CCOCC1. The molecule has 7 nitrogen and oxygen atoms in total. The van der Waals surface area contributed by atoms with Crippen LogP contribution in [0, 0.1) is 27.6 Å². The average molecular weight is 381 g/mol. The molecule has 1 aliphatic rings. The number of carbonyl (C=O) groups is 1. The highest BCUT2D eigenvalue weighted by Crippen LogP contribution is 2.28. The van der Waals surface area contributed by atoms with Crippen LogP contribution in [-0.4, -0.2) is 37.1 Å². The van der Waals surface area contributed by atoms with Gasteiger partial charge in [0.15, 0.2) is 17.5 Å². The van der Waals surface area contributed by atoms with Crippen molar-refractivity contribution in [3.05, 3.63) is 63.5 Å². The number of rotatable bonds is 4. The molecule has 0 radical (unpaired) electrons. The van der Waals surface area contributed by atoms with Crippen LogP contribution in [-0.2, 0) is 4.74 Å². The molecule has 0 aromatic heterocycles. The lowest BCUT2D eigenvalue weighted by molar-refractivity contribution is -0.384. The molecule has 0 spiro atoms. The van der Waals surface area contributed by atoms with Crippen LogP contribution >= 0.6 is 0 Å². The van der Waals surface area contributed by atoms with E-state index < -0.39 is 34.0 Å². The van der Waals surface area contributed by atoms with Gasteiger partial charge >= 0.3 is 0 Å². The summed E-state index contributed by atoms with van der Waals surface area (Å²) in [6.07, 6.45) is 0. The molecular formula is C17H14F3N3O4. The maximum absolute atomic E-state index is 13.8. The van der Waals surface area contributed by atoms with Gasteiger partial charge in [-0.3, -0.25) is 14.9 Å². The number of ether oxygens (including phenoxy) is 1. The van der Waals surface area contributed by atoms with E-state index in [-0.39, 0.29) is 11.3 Å². The van der Waals surface area contributed by atoms with Crippen LogP contribution in [0.15, 0.2) is 30.3 Å². The Morgan fingerprint density at radius 3 is 2.48 bits per heavy atom. The van der Waals surface area contributed by atoms with Gasteiger partial charge in [-0.1, -0.05) is 0 Å². The second-order valence-electron chi connectivity index (χ2n) is 5.74. The molecule has 0 bridgehead atoms. The van der Waals surface area contributed by atoms with Gasteiger partial charge in [0.1, 0.15) is 0 Å². The number of carbonyl (C=O) groups excluding carboxylic acids is 1. The van der Waals surface area contributed by atoms with Crippen molar-refractivity contribution < 1.29 is 27.6 Å². The molecule has 1 saturated heterocycles. The first-order valence-corrected chi connectivity index (χ1v) is 7.94. The Morgan fingerprint density at radius 1 is 1.11 bits per heavy atom. The number of nitro benzene ring substituents is 1. The highest BCUT2D eigenvalue weighted by molar-refractivity contribution is 6.08. The van der Waals surface area contributed by atoms with Gasteiger partial charge in [0.2, 0.25) is 0 Å². The summed E-state index contributed by atoms with van der Waals surface area (Å²) in [7, 11) is 0. The number of nitro groups is 1. The molecule has 0 unspecified atom stereocenters. The van der Waals surface area contributed by atoms with Crippen LogP contribution in [0.4, 0.5) is 30.2 Å². The smallest absolute Gasteiger partial charge is 0.270 e. The molecule has 1 aliphatic heterocycles. The van der Waals surface area contributed by atoms with Gasteiger partial charge in [0.25, 0.3) is 11.6 Å². The summed E-state index contributed by atoms with van der Waals surface area (Å²) in [4.78, 5) is 24.8. The standard InChI is InChI=1S/C17H14F3N3O4/c18-12-2-3-13(16(20)15(12)19)21-17(24)11-9-10(23(25)26)1-4-14(11)22-5-7-27-8-6-22/h1-4,9H,5-8H2,(H,21,24). The van der Waals surface area contributed by atoms with E-state index in [1.165, 1.54) is 12.1 Å². The first kappa shape index (κ1) is 18.6. The van der Waals surface area contributed by atoms with Crippen LogP contribution in [0.2, 0.25) is 0 Å². The van der Waals surface area contributed by atoms with Crippen LogP contribution in [0.5, 0.6) is 0 Å². The van der Waals surface area contributed by atoms with Gasteiger partial charge in [0, 0.05) is 25.2 Å². The summed E-state index contributed by atoms with van der Waals surface area (Å²) < 4.78 is 45.5. The minimum atomic E-state index is -1.72. The van der Waals surface area contributed by atoms with E-state index in [0.717, 1.165) is 12.1 Å². The van der Waals surface area contributed by atoms with Crippen molar-refractivity contribution in [3.63, 3.8) is 0 Å². The lowest BCUT2D eigenvalue weighted by Crippen LogP contribution is -2.37. The Balaban J connectivity index is 1.97. The normalized spacial score (nSPS) is 14.1. The predicted octanol–water partition coefficient (Wildman–Crippen LogP) is 3.10. The van der Waals surface area contributed by atoms with E-state index in [1.807, 2.05) is 0 Å². The summed E-state index contributed by atoms with van der Waals surface area (Å²) in [5.41, 5.74) is -0.596. The highest BCUT2D eigenvalue weighted by atomic mass is 19.2. The minimum absolute atomic E-state index is 0.0877. The lowest BCUT2D eigenvalue weighted by atomic mass is 10.1. The number of halogens is 3. The molecule has 1 fully saturated rings. The van der Waals surface area contributed by atoms with Crippen molar-refractivity contribution >= 4 is 23.0 Å². The van der Waals surface area contributed by atoms with E-state index >= 15 is 0 Å². The molecule has 0 aliphatic carbocycles.